The van der Waals surface area contributed by atoms with Crippen LogP contribution < -0.4 is 10.6 Å². The van der Waals surface area contributed by atoms with Crippen molar-refractivity contribution in [3.05, 3.63) is 0 Å². The molecule has 84 valence electrons. The molecule has 0 spiro atoms. The summed E-state index contributed by atoms with van der Waals surface area (Å²) in [4.78, 5) is 0. The summed E-state index contributed by atoms with van der Waals surface area (Å²) in [5.74, 6) is 0.743. The Kier molecular flexibility index (Phi) is 4.85. The molecule has 3 nitrogen and oxygen atoms in total. The molecule has 0 aromatic rings. The molecule has 0 amide bonds. The van der Waals surface area contributed by atoms with Gasteiger partial charge < -0.3 is 15.4 Å². The molecule has 0 aromatic carbocycles. The van der Waals surface area contributed by atoms with Gasteiger partial charge in [-0.05, 0) is 24.3 Å². The Labute approximate surface area is 87.6 Å². The lowest BCUT2D eigenvalue weighted by Gasteiger charge is -2.33. The summed E-state index contributed by atoms with van der Waals surface area (Å²) >= 11 is 0. The van der Waals surface area contributed by atoms with Crippen LogP contribution in [0.2, 0.25) is 0 Å². The first-order chi connectivity index (χ1) is 6.71. The van der Waals surface area contributed by atoms with Crippen LogP contribution >= 0.6 is 0 Å². The van der Waals surface area contributed by atoms with Crippen LogP contribution in [0.25, 0.3) is 0 Å². The summed E-state index contributed by atoms with van der Waals surface area (Å²) in [6, 6.07) is 0. The number of methoxy groups -OCH3 is 1. The minimum Gasteiger partial charge on any atom is -0.383 e. The highest BCUT2D eigenvalue weighted by atomic mass is 16.5. The Morgan fingerprint density at radius 2 is 2.29 bits per heavy atom. The Balaban J connectivity index is 2.29. The van der Waals surface area contributed by atoms with Crippen molar-refractivity contribution in [2.75, 3.05) is 39.9 Å². The molecular weight excluding hydrogens is 176 g/mol. The first kappa shape index (κ1) is 12.0. The second kappa shape index (κ2) is 5.69. The maximum atomic E-state index is 5.02. The Morgan fingerprint density at radius 3 is 2.79 bits per heavy atom. The molecule has 0 bridgehead atoms. The van der Waals surface area contributed by atoms with Gasteiger partial charge in [-0.15, -0.1) is 0 Å². The highest BCUT2D eigenvalue weighted by Crippen LogP contribution is 2.33. The molecule has 1 heterocycles. The molecule has 1 aliphatic heterocycles. The van der Waals surface area contributed by atoms with Gasteiger partial charge in [-0.2, -0.15) is 0 Å². The average Bonchev–Trinajstić information content (AvgIpc) is 2.62. The molecule has 0 aliphatic carbocycles. The number of rotatable bonds is 6. The Morgan fingerprint density at radius 1 is 1.50 bits per heavy atom. The summed E-state index contributed by atoms with van der Waals surface area (Å²) in [6.45, 7) is 9.86. The van der Waals surface area contributed by atoms with E-state index in [-0.39, 0.29) is 0 Å². The quantitative estimate of drug-likeness (QED) is 0.624. The molecular formula is C11H24N2O. The zero-order chi connectivity index (χ0) is 10.4. The fourth-order valence-corrected chi connectivity index (χ4v) is 2.12. The van der Waals surface area contributed by atoms with E-state index in [0.29, 0.717) is 5.41 Å². The first-order valence-electron chi connectivity index (χ1n) is 5.62. The van der Waals surface area contributed by atoms with E-state index >= 15 is 0 Å². The van der Waals surface area contributed by atoms with Crippen molar-refractivity contribution in [2.24, 2.45) is 11.3 Å². The lowest BCUT2D eigenvalue weighted by Crippen LogP contribution is -2.41. The molecule has 14 heavy (non-hydrogen) atoms. The molecule has 0 saturated carbocycles. The highest BCUT2D eigenvalue weighted by Gasteiger charge is 2.36. The van der Waals surface area contributed by atoms with Gasteiger partial charge in [0, 0.05) is 26.7 Å². The van der Waals surface area contributed by atoms with E-state index in [0.717, 1.165) is 32.2 Å². The second-order valence-corrected chi connectivity index (χ2v) is 4.61. The number of hydrogen-bond donors (Lipinski definition) is 2. The normalized spacial score (nSPS) is 27.4. The van der Waals surface area contributed by atoms with Crippen LogP contribution in [0.15, 0.2) is 0 Å². The van der Waals surface area contributed by atoms with Crippen molar-refractivity contribution < 1.29 is 4.74 Å². The van der Waals surface area contributed by atoms with Crippen LogP contribution in [0.3, 0.4) is 0 Å². The summed E-state index contributed by atoms with van der Waals surface area (Å²) in [5.41, 5.74) is 0.466. The van der Waals surface area contributed by atoms with Crippen LogP contribution in [0.5, 0.6) is 0 Å². The van der Waals surface area contributed by atoms with Crippen LogP contribution in [0.1, 0.15) is 20.3 Å². The molecule has 2 N–H and O–H groups in total. The molecule has 1 saturated heterocycles. The standard InChI is InChI=1S/C11H24N2O/c1-10(2)11(4-5-12-8-11)9-13-6-7-14-3/h10,12-13H,4-9H2,1-3H3. The van der Waals surface area contributed by atoms with E-state index < -0.39 is 0 Å². The minimum absolute atomic E-state index is 0.466. The topological polar surface area (TPSA) is 33.3 Å². The third-order valence-corrected chi connectivity index (χ3v) is 3.46. The van der Waals surface area contributed by atoms with Crippen molar-refractivity contribution in [2.45, 2.75) is 20.3 Å². The number of hydrogen-bond acceptors (Lipinski definition) is 3. The zero-order valence-electron chi connectivity index (χ0n) is 9.73. The van der Waals surface area contributed by atoms with Gasteiger partial charge in [-0.25, -0.2) is 0 Å². The fourth-order valence-electron chi connectivity index (χ4n) is 2.12. The van der Waals surface area contributed by atoms with Gasteiger partial charge in [0.1, 0.15) is 0 Å². The van der Waals surface area contributed by atoms with Crippen molar-refractivity contribution in [1.82, 2.24) is 10.6 Å². The van der Waals surface area contributed by atoms with E-state index in [1.54, 1.807) is 7.11 Å². The summed E-state index contributed by atoms with van der Waals surface area (Å²) in [7, 11) is 1.75. The monoisotopic (exact) mass is 200 g/mol. The summed E-state index contributed by atoms with van der Waals surface area (Å²) < 4.78 is 5.02. The first-order valence-corrected chi connectivity index (χ1v) is 5.62. The molecule has 3 heteroatoms. The van der Waals surface area contributed by atoms with Crippen LogP contribution in [-0.4, -0.2) is 39.9 Å². The number of ether oxygens (including phenoxy) is 1. The molecule has 1 aliphatic rings. The third kappa shape index (κ3) is 2.94. The predicted octanol–water partition coefficient (Wildman–Crippen LogP) is 0.858. The molecule has 1 fully saturated rings. The molecule has 0 aromatic heterocycles. The van der Waals surface area contributed by atoms with Crippen LogP contribution in [0, 0.1) is 11.3 Å². The van der Waals surface area contributed by atoms with Crippen molar-refractivity contribution in [1.29, 1.82) is 0 Å². The van der Waals surface area contributed by atoms with E-state index in [1.807, 2.05) is 0 Å². The second-order valence-electron chi connectivity index (χ2n) is 4.61. The lowest BCUT2D eigenvalue weighted by atomic mass is 9.76. The smallest absolute Gasteiger partial charge is 0.0587 e. The largest absolute Gasteiger partial charge is 0.383 e. The highest BCUT2D eigenvalue weighted by molar-refractivity contribution is 4.91. The van der Waals surface area contributed by atoms with Gasteiger partial charge >= 0.3 is 0 Å². The van der Waals surface area contributed by atoms with Gasteiger partial charge in [0.2, 0.25) is 0 Å². The summed E-state index contributed by atoms with van der Waals surface area (Å²) in [5, 5.41) is 6.95. The van der Waals surface area contributed by atoms with Crippen LogP contribution in [-0.2, 0) is 4.74 Å². The summed E-state index contributed by atoms with van der Waals surface area (Å²) in [6.07, 6.45) is 1.30. The molecule has 1 rings (SSSR count). The third-order valence-electron chi connectivity index (χ3n) is 3.46. The fraction of sp³-hybridized carbons (Fsp3) is 1.00. The number of nitrogens with one attached hydrogen (secondary N) is 2. The molecule has 1 unspecified atom stereocenters. The Bertz CT molecular complexity index is 153. The van der Waals surface area contributed by atoms with Gasteiger partial charge in [0.15, 0.2) is 0 Å². The van der Waals surface area contributed by atoms with Gasteiger partial charge in [0.05, 0.1) is 6.61 Å². The zero-order valence-corrected chi connectivity index (χ0v) is 9.73. The maximum Gasteiger partial charge on any atom is 0.0587 e. The van der Waals surface area contributed by atoms with Crippen molar-refractivity contribution >= 4 is 0 Å². The van der Waals surface area contributed by atoms with Crippen LogP contribution in [0.4, 0.5) is 0 Å². The van der Waals surface area contributed by atoms with Crippen molar-refractivity contribution in [3.63, 3.8) is 0 Å². The minimum atomic E-state index is 0.466. The van der Waals surface area contributed by atoms with E-state index in [4.69, 9.17) is 4.74 Å². The maximum absolute atomic E-state index is 5.02. The van der Waals surface area contributed by atoms with Gasteiger partial charge in [-0.1, -0.05) is 13.8 Å². The molecule has 1 atom stereocenters. The SMILES string of the molecule is COCCNCC1(C(C)C)CCNC1. The van der Waals surface area contributed by atoms with E-state index in [9.17, 15) is 0 Å². The van der Waals surface area contributed by atoms with E-state index in [1.165, 1.54) is 13.0 Å². The average molecular weight is 200 g/mol. The molecule has 0 radical (unpaired) electrons. The van der Waals surface area contributed by atoms with Gasteiger partial charge in [-0.3, -0.25) is 0 Å². The van der Waals surface area contributed by atoms with E-state index in [2.05, 4.69) is 24.5 Å². The lowest BCUT2D eigenvalue weighted by molar-refractivity contribution is 0.176. The van der Waals surface area contributed by atoms with Crippen molar-refractivity contribution in [3.8, 4) is 0 Å². The predicted molar refractivity (Wildman–Crippen MR) is 59.5 cm³/mol. The van der Waals surface area contributed by atoms with Gasteiger partial charge in [0.25, 0.3) is 0 Å². The Hall–Kier alpha value is -0.120.